The largest absolute Gasteiger partial charge is 0.322 e. The van der Waals surface area contributed by atoms with E-state index in [0.29, 0.717) is 6.04 Å². The van der Waals surface area contributed by atoms with Crippen molar-refractivity contribution in [3.8, 4) is 0 Å². The number of hydrogen-bond acceptors (Lipinski definition) is 0. The fraction of sp³-hybridized carbons (Fsp3) is 0.854. The molecule has 0 saturated carbocycles. The van der Waals surface area contributed by atoms with Gasteiger partial charge < -0.3 is 4.48 Å². The van der Waals surface area contributed by atoms with Crippen LogP contribution in [0.15, 0.2) is 30.3 Å². The summed E-state index contributed by atoms with van der Waals surface area (Å²) in [6, 6.07) is 12.1. The average molecular weight is 585 g/mol. The van der Waals surface area contributed by atoms with Crippen molar-refractivity contribution < 1.29 is 4.48 Å². The molecule has 0 heterocycles. The lowest BCUT2D eigenvalue weighted by molar-refractivity contribution is -0.921. The molecule has 246 valence electrons. The van der Waals surface area contributed by atoms with Gasteiger partial charge in [0.05, 0.1) is 20.6 Å². The molecule has 1 heteroatoms. The van der Waals surface area contributed by atoms with E-state index in [-0.39, 0.29) is 0 Å². The molecule has 1 aromatic rings. The highest BCUT2D eigenvalue weighted by molar-refractivity contribution is 5.17. The molecule has 1 aromatic carbocycles. The summed E-state index contributed by atoms with van der Waals surface area (Å²) in [6.07, 6.45) is 41.7. The molecule has 0 aromatic heterocycles. The molecule has 1 rings (SSSR count). The van der Waals surface area contributed by atoms with Crippen molar-refractivity contribution in [3.05, 3.63) is 35.9 Å². The highest BCUT2D eigenvalue weighted by Gasteiger charge is 2.28. The Balaban J connectivity index is 2.14. The highest BCUT2D eigenvalue weighted by Crippen LogP contribution is 2.31. The predicted molar refractivity (Wildman–Crippen MR) is 191 cm³/mol. The van der Waals surface area contributed by atoms with Crippen LogP contribution < -0.4 is 0 Å². The minimum Gasteiger partial charge on any atom is -0.322 e. The SMILES string of the molecule is CCCCCCCCCCCCCCCCC(c1ccccc1)[N+](C)(C)CCCCCCCCCCCCCCCC. The van der Waals surface area contributed by atoms with E-state index in [1.807, 2.05) is 0 Å². The molecule has 1 nitrogen and oxygen atoms in total. The minimum absolute atomic E-state index is 0.644. The summed E-state index contributed by atoms with van der Waals surface area (Å²) in [7, 11) is 5.01. The second kappa shape index (κ2) is 28.9. The molecule has 0 aliphatic heterocycles. The van der Waals surface area contributed by atoms with Gasteiger partial charge in [-0.3, -0.25) is 0 Å². The Bertz CT molecular complexity index is 650. The normalized spacial score (nSPS) is 12.7. The van der Waals surface area contributed by atoms with E-state index in [9.17, 15) is 0 Å². The third kappa shape index (κ3) is 22.7. The van der Waals surface area contributed by atoms with E-state index in [2.05, 4.69) is 58.3 Å². The van der Waals surface area contributed by atoms with Crippen molar-refractivity contribution in [2.45, 2.75) is 206 Å². The summed E-state index contributed by atoms with van der Waals surface area (Å²) in [5.41, 5.74) is 1.56. The molecule has 0 amide bonds. The maximum absolute atomic E-state index is 2.50. The Kier molecular flexibility index (Phi) is 27.0. The molecule has 0 fully saturated rings. The number of benzene rings is 1. The molecular weight excluding hydrogens is 506 g/mol. The maximum Gasteiger partial charge on any atom is 0.114 e. The molecule has 0 radical (unpaired) electrons. The van der Waals surface area contributed by atoms with Crippen LogP contribution in [-0.2, 0) is 0 Å². The first-order chi connectivity index (χ1) is 20.6. The van der Waals surface area contributed by atoms with Crippen LogP contribution in [0.3, 0.4) is 0 Å². The Morgan fingerprint density at radius 2 is 0.714 bits per heavy atom. The van der Waals surface area contributed by atoms with Gasteiger partial charge in [-0.25, -0.2) is 0 Å². The Morgan fingerprint density at radius 1 is 0.405 bits per heavy atom. The molecule has 0 aliphatic rings. The predicted octanol–water partition coefficient (Wildman–Crippen LogP) is 14.2. The zero-order valence-corrected chi connectivity index (χ0v) is 29.6. The van der Waals surface area contributed by atoms with Crippen molar-refractivity contribution >= 4 is 0 Å². The highest BCUT2D eigenvalue weighted by atomic mass is 15.3. The van der Waals surface area contributed by atoms with Crippen LogP contribution in [0.4, 0.5) is 0 Å². The van der Waals surface area contributed by atoms with Crippen molar-refractivity contribution in [1.82, 2.24) is 0 Å². The van der Waals surface area contributed by atoms with Crippen LogP contribution in [0.25, 0.3) is 0 Å². The lowest BCUT2D eigenvalue weighted by Crippen LogP contribution is -2.44. The first kappa shape index (κ1) is 39.2. The summed E-state index contributed by atoms with van der Waals surface area (Å²) in [6.45, 7) is 5.93. The summed E-state index contributed by atoms with van der Waals surface area (Å²) in [5, 5.41) is 0. The van der Waals surface area contributed by atoms with Crippen LogP contribution in [0.5, 0.6) is 0 Å². The van der Waals surface area contributed by atoms with E-state index >= 15 is 0 Å². The maximum atomic E-state index is 2.50. The Morgan fingerprint density at radius 3 is 1.07 bits per heavy atom. The zero-order chi connectivity index (χ0) is 30.4. The summed E-state index contributed by atoms with van der Waals surface area (Å²) < 4.78 is 1.15. The monoisotopic (exact) mass is 585 g/mol. The molecule has 0 bridgehead atoms. The van der Waals surface area contributed by atoms with Crippen molar-refractivity contribution in [2.24, 2.45) is 0 Å². The molecular formula is C41H78N+. The van der Waals surface area contributed by atoms with E-state index in [1.165, 1.54) is 193 Å². The van der Waals surface area contributed by atoms with Gasteiger partial charge in [0, 0.05) is 12.0 Å². The molecule has 1 atom stereocenters. The quantitative estimate of drug-likeness (QED) is 0.0583. The number of quaternary nitrogens is 1. The summed E-state index contributed by atoms with van der Waals surface area (Å²) in [5.74, 6) is 0. The number of nitrogens with zero attached hydrogens (tertiary/aromatic N) is 1. The molecule has 1 unspecified atom stereocenters. The molecule has 42 heavy (non-hydrogen) atoms. The van der Waals surface area contributed by atoms with Gasteiger partial charge in [-0.2, -0.15) is 0 Å². The third-order valence-electron chi connectivity index (χ3n) is 9.95. The summed E-state index contributed by atoms with van der Waals surface area (Å²) in [4.78, 5) is 0. The van der Waals surface area contributed by atoms with Gasteiger partial charge in [-0.1, -0.05) is 205 Å². The Hall–Kier alpha value is -0.820. The van der Waals surface area contributed by atoms with Crippen molar-refractivity contribution in [3.63, 3.8) is 0 Å². The molecule has 0 spiro atoms. The number of hydrogen-bond donors (Lipinski definition) is 0. The standard InChI is InChI=1S/C41H78N/c1-5-7-9-11-13-15-17-19-21-23-25-27-29-34-38-41(40-36-32-31-33-37-40)42(3,4)39-35-30-28-26-24-22-20-18-16-14-12-10-8-6-2/h31-33,36-37,41H,5-30,34-35,38-39H2,1-4H3/q+1. The second-order valence-electron chi connectivity index (χ2n) is 14.4. The van der Waals surface area contributed by atoms with Gasteiger partial charge in [-0.05, 0) is 19.3 Å². The molecule has 0 aliphatic carbocycles. The molecule has 0 saturated heterocycles. The second-order valence-corrected chi connectivity index (χ2v) is 14.4. The van der Waals surface area contributed by atoms with Crippen LogP contribution in [-0.4, -0.2) is 25.1 Å². The molecule has 0 N–H and O–H groups in total. The first-order valence-electron chi connectivity index (χ1n) is 19.5. The fourth-order valence-electron chi connectivity index (χ4n) is 7.00. The van der Waals surface area contributed by atoms with Crippen LogP contribution in [0.2, 0.25) is 0 Å². The van der Waals surface area contributed by atoms with Gasteiger partial charge in [0.15, 0.2) is 0 Å². The number of rotatable bonds is 32. The van der Waals surface area contributed by atoms with Gasteiger partial charge in [0.1, 0.15) is 6.04 Å². The van der Waals surface area contributed by atoms with Gasteiger partial charge in [0.2, 0.25) is 0 Å². The first-order valence-corrected chi connectivity index (χ1v) is 19.5. The van der Waals surface area contributed by atoms with Crippen LogP contribution in [0, 0.1) is 0 Å². The van der Waals surface area contributed by atoms with Crippen LogP contribution in [0.1, 0.15) is 212 Å². The Labute approximate surface area is 266 Å². The minimum atomic E-state index is 0.644. The third-order valence-corrected chi connectivity index (χ3v) is 9.95. The van der Waals surface area contributed by atoms with Crippen LogP contribution >= 0.6 is 0 Å². The smallest absolute Gasteiger partial charge is 0.114 e. The van der Waals surface area contributed by atoms with Crippen molar-refractivity contribution in [2.75, 3.05) is 20.6 Å². The summed E-state index contributed by atoms with van der Waals surface area (Å²) >= 11 is 0. The van der Waals surface area contributed by atoms with E-state index in [4.69, 9.17) is 0 Å². The van der Waals surface area contributed by atoms with E-state index in [0.717, 1.165) is 4.48 Å². The lowest BCUT2D eigenvalue weighted by Gasteiger charge is -2.39. The lowest BCUT2D eigenvalue weighted by atomic mass is 9.96. The topological polar surface area (TPSA) is 0 Å². The zero-order valence-electron chi connectivity index (χ0n) is 29.6. The van der Waals surface area contributed by atoms with Gasteiger partial charge in [0.25, 0.3) is 0 Å². The van der Waals surface area contributed by atoms with E-state index < -0.39 is 0 Å². The van der Waals surface area contributed by atoms with Crippen molar-refractivity contribution in [1.29, 1.82) is 0 Å². The van der Waals surface area contributed by atoms with Gasteiger partial charge >= 0.3 is 0 Å². The fourth-order valence-corrected chi connectivity index (χ4v) is 7.00. The number of unbranched alkanes of at least 4 members (excludes halogenated alkanes) is 26. The van der Waals surface area contributed by atoms with E-state index in [1.54, 1.807) is 5.56 Å². The average Bonchev–Trinajstić information content (AvgIpc) is 2.99. The van der Waals surface area contributed by atoms with Gasteiger partial charge in [-0.15, -0.1) is 0 Å².